The van der Waals surface area contributed by atoms with Crippen molar-refractivity contribution in [3.63, 3.8) is 0 Å². The van der Waals surface area contributed by atoms with E-state index in [1.165, 1.54) is 18.4 Å². The predicted octanol–water partition coefficient (Wildman–Crippen LogP) is 5.73. The minimum atomic E-state index is 0.319. The molecule has 0 amide bonds. The highest BCUT2D eigenvalue weighted by atomic mass is 35.5. The molecule has 0 saturated carbocycles. The average molecular weight is 379 g/mol. The lowest BCUT2D eigenvalue weighted by Crippen LogP contribution is -2.44. The monoisotopic (exact) mass is 378 g/mol. The standard InChI is InChI=1S/C23H23ClN2O/c1-26-18-11-12-20(26)22(19(13-18)15-7-9-17(24)10-8-15)21-14-25-23(27-21)16-5-3-2-4-6-16/h2-10,14,18-20,22H,11-13H2,1H3/t18-,19-,20?,22?/m1/s1. The van der Waals surface area contributed by atoms with Crippen LogP contribution in [0.3, 0.4) is 0 Å². The molecule has 2 aromatic carbocycles. The van der Waals surface area contributed by atoms with Gasteiger partial charge in [0.05, 0.1) is 6.20 Å². The van der Waals surface area contributed by atoms with E-state index in [0.29, 0.717) is 29.8 Å². The molecule has 2 unspecified atom stereocenters. The number of hydrogen-bond acceptors (Lipinski definition) is 3. The van der Waals surface area contributed by atoms with Crippen molar-refractivity contribution in [3.8, 4) is 11.5 Å². The molecule has 3 nitrogen and oxygen atoms in total. The van der Waals surface area contributed by atoms with Gasteiger partial charge in [0, 0.05) is 28.6 Å². The quantitative estimate of drug-likeness (QED) is 0.582. The molecule has 2 bridgehead atoms. The summed E-state index contributed by atoms with van der Waals surface area (Å²) < 4.78 is 6.32. The van der Waals surface area contributed by atoms with Crippen LogP contribution in [0.4, 0.5) is 0 Å². The van der Waals surface area contributed by atoms with E-state index in [4.69, 9.17) is 16.0 Å². The van der Waals surface area contributed by atoms with Crippen LogP contribution < -0.4 is 0 Å². The van der Waals surface area contributed by atoms with Gasteiger partial charge in [-0.2, -0.15) is 0 Å². The number of piperidine rings is 1. The van der Waals surface area contributed by atoms with Crippen molar-refractivity contribution < 1.29 is 4.42 Å². The number of fused-ring (bicyclic) bond motifs is 2. The predicted molar refractivity (Wildman–Crippen MR) is 108 cm³/mol. The van der Waals surface area contributed by atoms with Gasteiger partial charge in [-0.3, -0.25) is 4.90 Å². The Hall–Kier alpha value is -2.10. The van der Waals surface area contributed by atoms with Crippen LogP contribution in [0.5, 0.6) is 0 Å². The van der Waals surface area contributed by atoms with E-state index in [0.717, 1.165) is 22.8 Å². The van der Waals surface area contributed by atoms with E-state index in [-0.39, 0.29) is 0 Å². The molecule has 27 heavy (non-hydrogen) atoms. The molecule has 2 aliphatic heterocycles. The zero-order valence-corrected chi connectivity index (χ0v) is 16.1. The molecule has 0 spiro atoms. The number of likely N-dealkylation sites (N-methyl/N-ethyl adjacent to an activating group) is 1. The Morgan fingerprint density at radius 2 is 1.81 bits per heavy atom. The first-order valence-electron chi connectivity index (χ1n) is 9.69. The zero-order valence-electron chi connectivity index (χ0n) is 15.4. The van der Waals surface area contributed by atoms with E-state index in [2.05, 4.69) is 29.1 Å². The minimum absolute atomic E-state index is 0.319. The third-order valence-electron chi connectivity index (χ3n) is 6.44. The van der Waals surface area contributed by atoms with Crippen molar-refractivity contribution in [2.45, 2.75) is 43.2 Å². The van der Waals surface area contributed by atoms with Gasteiger partial charge < -0.3 is 4.42 Å². The minimum Gasteiger partial charge on any atom is -0.441 e. The maximum absolute atomic E-state index is 6.32. The normalized spacial score (nSPS) is 27.8. The molecule has 2 fully saturated rings. The van der Waals surface area contributed by atoms with Gasteiger partial charge in [0.25, 0.3) is 0 Å². The topological polar surface area (TPSA) is 29.3 Å². The molecule has 0 N–H and O–H groups in total. The van der Waals surface area contributed by atoms with E-state index in [1.807, 2.05) is 48.7 Å². The van der Waals surface area contributed by atoms with Gasteiger partial charge in [-0.05, 0) is 62.1 Å². The molecule has 0 aliphatic carbocycles. The van der Waals surface area contributed by atoms with Crippen LogP contribution in [0.15, 0.2) is 65.2 Å². The maximum Gasteiger partial charge on any atom is 0.226 e. The Bertz CT molecular complexity index is 921. The second kappa shape index (κ2) is 6.81. The number of aromatic nitrogens is 1. The fraction of sp³-hybridized carbons (Fsp3) is 0.348. The largest absolute Gasteiger partial charge is 0.441 e. The van der Waals surface area contributed by atoms with Crippen molar-refractivity contribution in [2.75, 3.05) is 7.05 Å². The Labute approximate surface area is 165 Å². The van der Waals surface area contributed by atoms with Crippen LogP contribution in [0, 0.1) is 0 Å². The summed E-state index contributed by atoms with van der Waals surface area (Å²) in [4.78, 5) is 7.16. The Morgan fingerprint density at radius 1 is 1.04 bits per heavy atom. The van der Waals surface area contributed by atoms with Gasteiger partial charge in [-0.25, -0.2) is 4.98 Å². The molecule has 2 aliphatic rings. The third kappa shape index (κ3) is 2.99. The average Bonchev–Trinajstić information content (AvgIpc) is 3.26. The molecule has 5 rings (SSSR count). The fourth-order valence-electron chi connectivity index (χ4n) is 5.06. The smallest absolute Gasteiger partial charge is 0.226 e. The van der Waals surface area contributed by atoms with Gasteiger partial charge in [0.2, 0.25) is 5.89 Å². The second-order valence-corrected chi connectivity index (χ2v) is 8.25. The molecule has 3 heterocycles. The summed E-state index contributed by atoms with van der Waals surface area (Å²) in [5.41, 5.74) is 2.38. The number of nitrogens with zero attached hydrogens (tertiary/aromatic N) is 2. The lowest BCUT2D eigenvalue weighted by atomic mass is 9.75. The number of halogens is 1. The van der Waals surface area contributed by atoms with Crippen molar-refractivity contribution >= 4 is 11.6 Å². The Morgan fingerprint density at radius 3 is 2.59 bits per heavy atom. The van der Waals surface area contributed by atoms with E-state index >= 15 is 0 Å². The van der Waals surface area contributed by atoms with E-state index < -0.39 is 0 Å². The molecule has 138 valence electrons. The van der Waals surface area contributed by atoms with Crippen LogP contribution in [0.25, 0.3) is 11.5 Å². The summed E-state index contributed by atoms with van der Waals surface area (Å²) in [7, 11) is 2.27. The van der Waals surface area contributed by atoms with Crippen LogP contribution in [-0.4, -0.2) is 29.0 Å². The number of rotatable bonds is 3. The van der Waals surface area contributed by atoms with Gasteiger partial charge in [0.1, 0.15) is 5.76 Å². The fourth-order valence-corrected chi connectivity index (χ4v) is 5.19. The van der Waals surface area contributed by atoms with Crippen molar-refractivity contribution in [3.05, 3.63) is 77.1 Å². The molecular weight excluding hydrogens is 356 g/mol. The molecular formula is C23H23ClN2O. The lowest BCUT2D eigenvalue weighted by molar-refractivity contribution is 0.127. The number of benzene rings is 2. The summed E-state index contributed by atoms with van der Waals surface area (Å²) >= 11 is 6.13. The van der Waals surface area contributed by atoms with Gasteiger partial charge >= 0.3 is 0 Å². The first-order valence-corrected chi connectivity index (χ1v) is 10.1. The molecule has 2 saturated heterocycles. The molecule has 1 aromatic heterocycles. The van der Waals surface area contributed by atoms with Crippen molar-refractivity contribution in [1.82, 2.24) is 9.88 Å². The van der Waals surface area contributed by atoms with Crippen LogP contribution >= 0.6 is 11.6 Å². The Balaban J connectivity index is 1.54. The first-order chi connectivity index (χ1) is 13.2. The molecule has 4 atom stereocenters. The van der Waals surface area contributed by atoms with Crippen LogP contribution in [0.2, 0.25) is 5.02 Å². The highest BCUT2D eigenvalue weighted by Gasteiger charge is 2.48. The lowest BCUT2D eigenvalue weighted by Gasteiger charge is -2.42. The highest BCUT2D eigenvalue weighted by Crippen LogP contribution is 2.51. The molecule has 4 heteroatoms. The first kappa shape index (κ1) is 17.0. The second-order valence-electron chi connectivity index (χ2n) is 7.82. The maximum atomic E-state index is 6.32. The van der Waals surface area contributed by atoms with E-state index in [1.54, 1.807) is 0 Å². The van der Waals surface area contributed by atoms with Gasteiger partial charge in [-0.1, -0.05) is 41.9 Å². The summed E-state index contributed by atoms with van der Waals surface area (Å²) in [6, 6.07) is 19.7. The number of hydrogen-bond donors (Lipinski definition) is 0. The van der Waals surface area contributed by atoms with Gasteiger partial charge in [0.15, 0.2) is 0 Å². The summed E-state index contributed by atoms with van der Waals surface area (Å²) in [5.74, 6) is 2.47. The molecule has 3 aromatic rings. The zero-order chi connectivity index (χ0) is 18.4. The summed E-state index contributed by atoms with van der Waals surface area (Å²) in [5, 5.41) is 0.789. The highest BCUT2D eigenvalue weighted by molar-refractivity contribution is 6.30. The van der Waals surface area contributed by atoms with Crippen LogP contribution in [-0.2, 0) is 0 Å². The van der Waals surface area contributed by atoms with Crippen molar-refractivity contribution in [1.29, 1.82) is 0 Å². The third-order valence-corrected chi connectivity index (χ3v) is 6.69. The van der Waals surface area contributed by atoms with Gasteiger partial charge in [-0.15, -0.1) is 0 Å². The summed E-state index contributed by atoms with van der Waals surface area (Å²) in [6.07, 6.45) is 5.59. The van der Waals surface area contributed by atoms with E-state index in [9.17, 15) is 0 Å². The SMILES string of the molecule is CN1C2CC[C@@H]1C[C@H](c1ccc(Cl)cc1)C2c1cnc(-c2ccccc2)o1. The summed E-state index contributed by atoms with van der Waals surface area (Å²) in [6.45, 7) is 0. The molecule has 0 radical (unpaired) electrons. The van der Waals surface area contributed by atoms with Crippen LogP contribution in [0.1, 0.15) is 42.4 Å². The Kier molecular flexibility index (Phi) is 4.30. The number of oxazole rings is 1. The van der Waals surface area contributed by atoms with Crippen molar-refractivity contribution in [2.24, 2.45) is 0 Å².